The van der Waals surface area contributed by atoms with Crippen LogP contribution in [0.3, 0.4) is 0 Å². The third kappa shape index (κ3) is 3.67. The van der Waals surface area contributed by atoms with Crippen LogP contribution in [-0.2, 0) is 12.7 Å². The van der Waals surface area contributed by atoms with E-state index in [9.17, 15) is 17.6 Å². The molecule has 0 aliphatic rings. The molecule has 2 nitrogen and oxygen atoms in total. The third-order valence-corrected chi connectivity index (χ3v) is 2.30. The van der Waals surface area contributed by atoms with Gasteiger partial charge >= 0.3 is 6.18 Å². The lowest BCUT2D eigenvalue weighted by atomic mass is 10.1. The monoisotopic (exact) mass is 251 g/mol. The Kier molecular flexibility index (Phi) is 4.47. The first-order valence-electron chi connectivity index (χ1n) is 5.05. The van der Waals surface area contributed by atoms with Crippen LogP contribution < -0.4 is 5.32 Å². The summed E-state index contributed by atoms with van der Waals surface area (Å²) in [6.07, 6.45) is -4.69. The van der Waals surface area contributed by atoms with Crippen LogP contribution in [0.5, 0.6) is 0 Å². The van der Waals surface area contributed by atoms with E-state index in [-0.39, 0.29) is 24.8 Å². The minimum absolute atomic E-state index is 0.0581. The third-order valence-electron chi connectivity index (χ3n) is 2.30. The molecule has 0 amide bonds. The summed E-state index contributed by atoms with van der Waals surface area (Å²) >= 11 is 0. The molecule has 6 heteroatoms. The Balaban J connectivity index is 2.88. The predicted octanol–water partition coefficient (Wildman–Crippen LogP) is 2.31. The molecule has 96 valence electrons. The molecule has 0 fully saturated rings. The maximum atomic E-state index is 13.5. The summed E-state index contributed by atoms with van der Waals surface area (Å²) in [6.45, 7) is 1.42. The highest BCUT2D eigenvalue weighted by Crippen LogP contribution is 2.32. The van der Waals surface area contributed by atoms with Gasteiger partial charge in [0.1, 0.15) is 5.82 Å². The molecule has 1 atom stereocenters. The maximum absolute atomic E-state index is 13.5. The zero-order valence-electron chi connectivity index (χ0n) is 9.18. The van der Waals surface area contributed by atoms with Crippen molar-refractivity contribution in [2.24, 2.45) is 0 Å². The smallest absolute Gasteiger partial charge is 0.395 e. The number of rotatable bonds is 4. The Labute approximate surface area is 96.3 Å². The molecule has 17 heavy (non-hydrogen) atoms. The Bertz CT molecular complexity index is 378. The van der Waals surface area contributed by atoms with Gasteiger partial charge < -0.3 is 10.4 Å². The second-order valence-corrected chi connectivity index (χ2v) is 3.74. The molecular weight excluding hydrogens is 238 g/mol. The van der Waals surface area contributed by atoms with E-state index in [1.54, 1.807) is 6.92 Å². The molecule has 1 rings (SSSR count). The van der Waals surface area contributed by atoms with Crippen molar-refractivity contribution in [3.63, 3.8) is 0 Å². The molecule has 1 unspecified atom stereocenters. The molecule has 0 saturated carbocycles. The molecule has 0 spiro atoms. The van der Waals surface area contributed by atoms with Crippen LogP contribution in [0.2, 0.25) is 0 Å². The van der Waals surface area contributed by atoms with Crippen molar-refractivity contribution in [2.45, 2.75) is 25.7 Å². The Morgan fingerprint density at radius 3 is 2.53 bits per heavy atom. The van der Waals surface area contributed by atoms with Gasteiger partial charge in [-0.15, -0.1) is 0 Å². The average Bonchev–Trinajstić information content (AvgIpc) is 2.25. The Morgan fingerprint density at radius 1 is 1.35 bits per heavy atom. The van der Waals surface area contributed by atoms with Crippen molar-refractivity contribution < 1.29 is 22.7 Å². The maximum Gasteiger partial charge on any atom is 0.419 e. The first-order chi connectivity index (χ1) is 7.86. The van der Waals surface area contributed by atoms with E-state index < -0.39 is 17.6 Å². The van der Waals surface area contributed by atoms with Gasteiger partial charge in [-0.25, -0.2) is 4.39 Å². The van der Waals surface area contributed by atoms with Crippen molar-refractivity contribution in [2.75, 3.05) is 6.61 Å². The normalized spacial score (nSPS) is 13.8. The van der Waals surface area contributed by atoms with Crippen LogP contribution >= 0.6 is 0 Å². The van der Waals surface area contributed by atoms with Crippen LogP contribution in [0.1, 0.15) is 18.1 Å². The van der Waals surface area contributed by atoms with Crippen LogP contribution in [-0.4, -0.2) is 17.8 Å². The van der Waals surface area contributed by atoms with Gasteiger partial charge in [0.05, 0.1) is 12.2 Å². The van der Waals surface area contributed by atoms with Gasteiger partial charge in [0.25, 0.3) is 0 Å². The summed E-state index contributed by atoms with van der Waals surface area (Å²) in [4.78, 5) is 0. The number of hydrogen-bond acceptors (Lipinski definition) is 2. The van der Waals surface area contributed by atoms with Gasteiger partial charge in [0.2, 0.25) is 0 Å². The van der Waals surface area contributed by atoms with Gasteiger partial charge in [-0.2, -0.15) is 13.2 Å². The number of hydrogen-bond donors (Lipinski definition) is 2. The van der Waals surface area contributed by atoms with Crippen LogP contribution in [0.25, 0.3) is 0 Å². The molecule has 0 aliphatic carbocycles. The number of benzene rings is 1. The number of aliphatic hydroxyl groups is 1. The molecule has 0 aliphatic heterocycles. The Morgan fingerprint density at radius 2 is 2.00 bits per heavy atom. The highest BCUT2D eigenvalue weighted by Gasteiger charge is 2.34. The second kappa shape index (κ2) is 5.46. The lowest BCUT2D eigenvalue weighted by Crippen LogP contribution is -2.29. The highest BCUT2D eigenvalue weighted by atomic mass is 19.4. The van der Waals surface area contributed by atoms with Crippen LogP contribution in [0.15, 0.2) is 18.2 Å². The highest BCUT2D eigenvalue weighted by molar-refractivity contribution is 5.28. The quantitative estimate of drug-likeness (QED) is 0.805. The molecule has 0 bridgehead atoms. The molecule has 0 saturated heterocycles. The van der Waals surface area contributed by atoms with Gasteiger partial charge in [0, 0.05) is 18.2 Å². The standard InChI is InChI=1S/C11H13F4NO/c1-7(6-17)16-5-8-3-2-4-9(10(8)12)11(13,14)15/h2-4,7,16-17H,5-6H2,1H3. The van der Waals surface area contributed by atoms with Gasteiger partial charge in [-0.1, -0.05) is 12.1 Å². The van der Waals surface area contributed by atoms with Gasteiger partial charge in [-0.3, -0.25) is 0 Å². The summed E-state index contributed by atoms with van der Waals surface area (Å²) in [5.41, 5.74) is -1.34. The molecule has 0 radical (unpaired) electrons. The fraction of sp³-hybridized carbons (Fsp3) is 0.455. The second-order valence-electron chi connectivity index (χ2n) is 3.74. The SMILES string of the molecule is CC(CO)NCc1cccc(C(F)(F)F)c1F. The van der Waals surface area contributed by atoms with Crippen LogP contribution in [0, 0.1) is 5.82 Å². The largest absolute Gasteiger partial charge is 0.419 e. The number of halogens is 4. The molecule has 0 heterocycles. The van der Waals surface area contributed by atoms with Crippen molar-refractivity contribution in [3.8, 4) is 0 Å². The fourth-order valence-electron chi connectivity index (χ4n) is 1.28. The summed E-state index contributed by atoms with van der Waals surface area (Å²) in [5.74, 6) is -1.27. The number of nitrogens with one attached hydrogen (secondary N) is 1. The zero-order valence-corrected chi connectivity index (χ0v) is 9.18. The van der Waals surface area contributed by atoms with Crippen molar-refractivity contribution >= 4 is 0 Å². The van der Waals surface area contributed by atoms with E-state index >= 15 is 0 Å². The minimum Gasteiger partial charge on any atom is -0.395 e. The van der Waals surface area contributed by atoms with Crippen molar-refractivity contribution in [1.82, 2.24) is 5.32 Å². The van der Waals surface area contributed by atoms with E-state index in [4.69, 9.17) is 5.11 Å². The van der Waals surface area contributed by atoms with Crippen molar-refractivity contribution in [3.05, 3.63) is 35.1 Å². The minimum atomic E-state index is -4.69. The molecular formula is C11H13F4NO. The van der Waals surface area contributed by atoms with E-state index in [2.05, 4.69) is 5.32 Å². The van der Waals surface area contributed by atoms with E-state index in [1.807, 2.05) is 0 Å². The summed E-state index contributed by atoms with van der Waals surface area (Å²) < 4.78 is 50.7. The van der Waals surface area contributed by atoms with E-state index in [0.29, 0.717) is 6.07 Å². The number of aliphatic hydroxyl groups excluding tert-OH is 1. The topological polar surface area (TPSA) is 32.3 Å². The lowest BCUT2D eigenvalue weighted by molar-refractivity contribution is -0.140. The number of alkyl halides is 3. The Hall–Kier alpha value is -1.14. The van der Waals surface area contributed by atoms with Gasteiger partial charge in [0.15, 0.2) is 0 Å². The summed E-state index contributed by atoms with van der Waals surface area (Å²) in [5, 5.41) is 11.4. The van der Waals surface area contributed by atoms with Gasteiger partial charge in [-0.05, 0) is 13.0 Å². The first kappa shape index (κ1) is 13.9. The molecule has 1 aromatic carbocycles. The first-order valence-corrected chi connectivity index (χ1v) is 5.05. The lowest BCUT2D eigenvalue weighted by Gasteiger charge is -2.14. The van der Waals surface area contributed by atoms with E-state index in [0.717, 1.165) is 6.07 Å². The van der Waals surface area contributed by atoms with Crippen LogP contribution in [0.4, 0.5) is 17.6 Å². The summed E-state index contributed by atoms with van der Waals surface area (Å²) in [7, 11) is 0. The van der Waals surface area contributed by atoms with E-state index in [1.165, 1.54) is 6.07 Å². The van der Waals surface area contributed by atoms with Crippen molar-refractivity contribution in [1.29, 1.82) is 0 Å². The molecule has 1 aromatic rings. The fourth-order valence-corrected chi connectivity index (χ4v) is 1.28. The molecule has 2 N–H and O–H groups in total. The average molecular weight is 251 g/mol. The predicted molar refractivity (Wildman–Crippen MR) is 54.8 cm³/mol. The molecule has 0 aromatic heterocycles. The zero-order chi connectivity index (χ0) is 13.1. The summed E-state index contributed by atoms with van der Waals surface area (Å²) in [6, 6.07) is 2.84.